The van der Waals surface area contributed by atoms with E-state index in [2.05, 4.69) is 17.2 Å². The lowest BCUT2D eigenvalue weighted by Gasteiger charge is -2.28. The van der Waals surface area contributed by atoms with Crippen LogP contribution < -0.4 is 5.32 Å². The average molecular weight is 312 g/mol. The monoisotopic (exact) mass is 312 g/mol. The highest BCUT2D eigenvalue weighted by Gasteiger charge is 2.21. The second-order valence-electron chi connectivity index (χ2n) is 6.31. The summed E-state index contributed by atoms with van der Waals surface area (Å²) < 4.78 is 5.93. The summed E-state index contributed by atoms with van der Waals surface area (Å²) in [5.74, 6) is 0.487. The Labute approximate surface area is 137 Å². The van der Waals surface area contributed by atoms with Gasteiger partial charge in [-0.15, -0.1) is 0 Å². The molecule has 0 radical (unpaired) electrons. The largest absolute Gasteiger partial charge is 0.376 e. The summed E-state index contributed by atoms with van der Waals surface area (Å²) in [6, 6.07) is 9.72. The van der Waals surface area contributed by atoms with Crippen LogP contribution in [0.15, 0.2) is 36.5 Å². The van der Waals surface area contributed by atoms with Crippen molar-refractivity contribution in [2.75, 3.05) is 13.2 Å². The molecule has 0 bridgehead atoms. The Bertz CT molecular complexity index is 666. The molecule has 1 aliphatic rings. The van der Waals surface area contributed by atoms with Gasteiger partial charge >= 0.3 is 0 Å². The van der Waals surface area contributed by atoms with Crippen LogP contribution in [0.1, 0.15) is 43.1 Å². The average Bonchev–Trinajstić information content (AvgIpc) is 2.59. The van der Waals surface area contributed by atoms with Crippen LogP contribution in [-0.4, -0.2) is 30.1 Å². The topological polar surface area (TPSA) is 51.2 Å². The minimum Gasteiger partial charge on any atom is -0.376 e. The van der Waals surface area contributed by atoms with Gasteiger partial charge in [0, 0.05) is 18.1 Å². The molecule has 2 aromatic rings. The first-order chi connectivity index (χ1) is 11.3. The Morgan fingerprint density at radius 1 is 1.26 bits per heavy atom. The van der Waals surface area contributed by atoms with Gasteiger partial charge in [-0.05, 0) is 30.2 Å². The van der Waals surface area contributed by atoms with Gasteiger partial charge in [0.2, 0.25) is 0 Å². The van der Waals surface area contributed by atoms with Crippen molar-refractivity contribution in [1.29, 1.82) is 0 Å². The second kappa shape index (κ2) is 7.55. The van der Waals surface area contributed by atoms with Crippen LogP contribution in [0.5, 0.6) is 0 Å². The van der Waals surface area contributed by atoms with Crippen molar-refractivity contribution in [3.8, 4) is 0 Å². The molecule has 0 unspecified atom stereocenters. The molecule has 1 fully saturated rings. The second-order valence-corrected chi connectivity index (χ2v) is 6.31. The lowest BCUT2D eigenvalue weighted by molar-refractivity contribution is -0.00294. The molecule has 1 amide bonds. The van der Waals surface area contributed by atoms with Crippen molar-refractivity contribution in [3.05, 3.63) is 42.2 Å². The smallest absolute Gasteiger partial charge is 0.270 e. The highest BCUT2D eigenvalue weighted by atomic mass is 16.5. The summed E-state index contributed by atoms with van der Waals surface area (Å²) >= 11 is 0. The molecule has 1 aliphatic carbocycles. The Morgan fingerprint density at radius 3 is 2.96 bits per heavy atom. The number of hydrogen-bond acceptors (Lipinski definition) is 3. The number of hydrogen-bond donors (Lipinski definition) is 1. The minimum atomic E-state index is -0.137. The van der Waals surface area contributed by atoms with E-state index in [-0.39, 0.29) is 5.91 Å². The first-order valence-corrected chi connectivity index (χ1v) is 8.49. The third-order valence-corrected chi connectivity index (χ3v) is 4.64. The van der Waals surface area contributed by atoms with E-state index < -0.39 is 0 Å². The van der Waals surface area contributed by atoms with E-state index in [0.717, 1.165) is 17.2 Å². The lowest BCUT2D eigenvalue weighted by Crippen LogP contribution is -2.32. The number of fused-ring (bicyclic) bond motifs is 1. The van der Waals surface area contributed by atoms with Crippen molar-refractivity contribution in [2.24, 2.45) is 5.92 Å². The first-order valence-electron chi connectivity index (χ1n) is 8.49. The summed E-state index contributed by atoms with van der Waals surface area (Å²) in [5.41, 5.74) is 0.481. The van der Waals surface area contributed by atoms with Gasteiger partial charge in [-0.1, -0.05) is 44.0 Å². The molecule has 1 heterocycles. The molecule has 0 aliphatic heterocycles. The number of carbonyl (C=O) groups excluding carboxylic acids is 1. The van der Waals surface area contributed by atoms with Gasteiger partial charge in [0.1, 0.15) is 5.69 Å². The predicted molar refractivity (Wildman–Crippen MR) is 91.4 cm³/mol. The van der Waals surface area contributed by atoms with Crippen molar-refractivity contribution in [2.45, 2.75) is 38.7 Å². The standard InChI is InChI=1S/C19H24N2O2/c1-14-6-2-5-9-17(14)23-13-12-21-19(22)18-16-8-4-3-7-15(16)10-11-20-18/h3-4,7-8,10-11,14,17H,2,5-6,9,12-13H2,1H3,(H,21,22)/t14-,17+/m1/s1. The number of pyridine rings is 1. The number of ether oxygens (including phenoxy) is 1. The fraction of sp³-hybridized carbons (Fsp3) is 0.474. The quantitative estimate of drug-likeness (QED) is 0.859. The summed E-state index contributed by atoms with van der Waals surface area (Å²) in [6.45, 7) is 3.33. The van der Waals surface area contributed by atoms with Crippen LogP contribution in [-0.2, 0) is 4.74 Å². The number of amides is 1. The molecule has 0 spiro atoms. The zero-order chi connectivity index (χ0) is 16.1. The van der Waals surface area contributed by atoms with E-state index >= 15 is 0 Å². The third-order valence-electron chi connectivity index (χ3n) is 4.64. The van der Waals surface area contributed by atoms with Crippen LogP contribution in [0.2, 0.25) is 0 Å². The van der Waals surface area contributed by atoms with Gasteiger partial charge in [0.05, 0.1) is 12.7 Å². The van der Waals surface area contributed by atoms with Gasteiger partial charge in [0.25, 0.3) is 5.91 Å². The van der Waals surface area contributed by atoms with Crippen LogP contribution >= 0.6 is 0 Å². The number of benzene rings is 1. The van der Waals surface area contributed by atoms with Crippen molar-refractivity contribution in [1.82, 2.24) is 10.3 Å². The molecule has 23 heavy (non-hydrogen) atoms. The van der Waals surface area contributed by atoms with E-state index in [1.54, 1.807) is 6.20 Å². The normalized spacial score (nSPS) is 21.3. The van der Waals surface area contributed by atoms with Crippen LogP contribution in [0.25, 0.3) is 10.8 Å². The first kappa shape index (κ1) is 15.9. The Balaban J connectivity index is 1.53. The molecular formula is C19H24N2O2. The molecule has 1 N–H and O–H groups in total. The van der Waals surface area contributed by atoms with Gasteiger partial charge in [-0.3, -0.25) is 9.78 Å². The number of nitrogens with one attached hydrogen (secondary N) is 1. The Kier molecular flexibility index (Phi) is 5.23. The van der Waals surface area contributed by atoms with Gasteiger partial charge < -0.3 is 10.1 Å². The maximum absolute atomic E-state index is 12.3. The van der Waals surface area contributed by atoms with E-state index in [1.807, 2.05) is 30.3 Å². The van der Waals surface area contributed by atoms with E-state index in [4.69, 9.17) is 4.74 Å². The van der Waals surface area contributed by atoms with E-state index in [9.17, 15) is 4.79 Å². The van der Waals surface area contributed by atoms with Crippen LogP contribution in [0, 0.1) is 5.92 Å². The van der Waals surface area contributed by atoms with Gasteiger partial charge in [-0.25, -0.2) is 0 Å². The summed E-state index contributed by atoms with van der Waals surface area (Å²) in [7, 11) is 0. The third kappa shape index (κ3) is 3.88. The summed E-state index contributed by atoms with van der Waals surface area (Å²) in [4.78, 5) is 16.6. The van der Waals surface area contributed by atoms with Crippen molar-refractivity contribution in [3.63, 3.8) is 0 Å². The van der Waals surface area contributed by atoms with Gasteiger partial charge in [-0.2, -0.15) is 0 Å². The zero-order valence-electron chi connectivity index (χ0n) is 13.6. The molecule has 0 saturated heterocycles. The predicted octanol–water partition coefficient (Wildman–Crippen LogP) is 3.56. The summed E-state index contributed by atoms with van der Waals surface area (Å²) in [5, 5.41) is 4.83. The molecule has 1 saturated carbocycles. The molecule has 1 aromatic carbocycles. The fourth-order valence-electron chi connectivity index (χ4n) is 3.29. The van der Waals surface area contributed by atoms with E-state index in [0.29, 0.717) is 30.9 Å². The maximum atomic E-state index is 12.3. The summed E-state index contributed by atoms with van der Waals surface area (Å²) in [6.07, 6.45) is 6.97. The SMILES string of the molecule is C[C@@H]1CCCC[C@@H]1OCCNC(=O)c1nccc2ccccc12. The number of carbonyl (C=O) groups is 1. The molecule has 2 atom stereocenters. The maximum Gasteiger partial charge on any atom is 0.270 e. The van der Waals surface area contributed by atoms with Crippen LogP contribution in [0.4, 0.5) is 0 Å². The molecule has 4 nitrogen and oxygen atoms in total. The van der Waals surface area contributed by atoms with Crippen molar-refractivity contribution >= 4 is 16.7 Å². The highest BCUT2D eigenvalue weighted by Crippen LogP contribution is 2.26. The molecular weight excluding hydrogens is 288 g/mol. The number of rotatable bonds is 5. The molecule has 1 aromatic heterocycles. The van der Waals surface area contributed by atoms with E-state index in [1.165, 1.54) is 19.3 Å². The lowest BCUT2D eigenvalue weighted by atomic mass is 9.88. The Morgan fingerprint density at radius 2 is 2.09 bits per heavy atom. The fourth-order valence-corrected chi connectivity index (χ4v) is 3.29. The number of nitrogens with zero attached hydrogens (tertiary/aromatic N) is 1. The zero-order valence-corrected chi connectivity index (χ0v) is 13.6. The van der Waals surface area contributed by atoms with Crippen LogP contribution in [0.3, 0.4) is 0 Å². The Hall–Kier alpha value is -1.94. The molecule has 122 valence electrons. The highest BCUT2D eigenvalue weighted by molar-refractivity contribution is 6.05. The van der Waals surface area contributed by atoms with Gasteiger partial charge in [0.15, 0.2) is 0 Å². The number of aromatic nitrogens is 1. The molecule has 3 rings (SSSR count). The van der Waals surface area contributed by atoms with Crippen molar-refractivity contribution < 1.29 is 9.53 Å². The minimum absolute atomic E-state index is 0.137. The molecule has 4 heteroatoms.